The zero-order valence-electron chi connectivity index (χ0n) is 13.3. The standard InChI is InChI=1S/C18H21N3O2/c1-18(10-5-13-23-18)17(22)20-12-9-16-19-11-8-15(21-16)14-6-3-2-4-7-14/h2-4,6-8,11H,5,9-10,12-13H2,1H3,(H,20,22)/t18-/m1/s1. The van der Waals surface area contributed by atoms with Gasteiger partial charge in [0.15, 0.2) is 0 Å². The van der Waals surface area contributed by atoms with E-state index in [-0.39, 0.29) is 5.91 Å². The fraction of sp³-hybridized carbons (Fsp3) is 0.389. The molecule has 2 aromatic rings. The molecule has 1 saturated heterocycles. The van der Waals surface area contributed by atoms with E-state index in [1.54, 1.807) is 6.20 Å². The number of rotatable bonds is 5. The van der Waals surface area contributed by atoms with Gasteiger partial charge in [0.25, 0.3) is 5.91 Å². The minimum absolute atomic E-state index is 0.0470. The monoisotopic (exact) mass is 311 g/mol. The summed E-state index contributed by atoms with van der Waals surface area (Å²) in [5, 5.41) is 2.93. The molecule has 0 bridgehead atoms. The lowest BCUT2D eigenvalue weighted by Gasteiger charge is -2.21. The van der Waals surface area contributed by atoms with E-state index < -0.39 is 5.60 Å². The minimum Gasteiger partial charge on any atom is -0.365 e. The average molecular weight is 311 g/mol. The quantitative estimate of drug-likeness (QED) is 0.921. The van der Waals surface area contributed by atoms with Gasteiger partial charge >= 0.3 is 0 Å². The molecule has 5 heteroatoms. The SMILES string of the molecule is C[C@]1(C(=O)NCCc2nccc(-c3ccccc3)n2)CCCO1. The number of carbonyl (C=O) groups excluding carboxylic acids is 1. The number of nitrogens with zero attached hydrogens (tertiary/aromatic N) is 2. The van der Waals surface area contributed by atoms with Gasteiger partial charge in [-0.15, -0.1) is 0 Å². The van der Waals surface area contributed by atoms with Gasteiger partial charge in [-0.2, -0.15) is 0 Å². The van der Waals surface area contributed by atoms with Crippen molar-refractivity contribution in [1.29, 1.82) is 0 Å². The van der Waals surface area contributed by atoms with Crippen molar-refractivity contribution in [3.63, 3.8) is 0 Å². The summed E-state index contributed by atoms with van der Waals surface area (Å²) in [4.78, 5) is 21.0. The lowest BCUT2D eigenvalue weighted by molar-refractivity contribution is -0.139. The number of nitrogens with one attached hydrogen (secondary N) is 1. The molecule has 1 aromatic heterocycles. The molecule has 0 aliphatic carbocycles. The Balaban J connectivity index is 1.58. The van der Waals surface area contributed by atoms with Gasteiger partial charge in [0.1, 0.15) is 11.4 Å². The van der Waals surface area contributed by atoms with E-state index in [0.717, 1.165) is 29.9 Å². The molecule has 1 amide bonds. The van der Waals surface area contributed by atoms with Crippen LogP contribution in [0.3, 0.4) is 0 Å². The van der Waals surface area contributed by atoms with Gasteiger partial charge < -0.3 is 10.1 Å². The first-order valence-electron chi connectivity index (χ1n) is 7.97. The zero-order chi connectivity index (χ0) is 16.1. The third kappa shape index (κ3) is 3.74. The average Bonchev–Trinajstić information content (AvgIpc) is 3.04. The van der Waals surface area contributed by atoms with E-state index in [1.165, 1.54) is 0 Å². The first-order valence-corrected chi connectivity index (χ1v) is 7.97. The van der Waals surface area contributed by atoms with E-state index >= 15 is 0 Å². The summed E-state index contributed by atoms with van der Waals surface area (Å²) in [6.07, 6.45) is 4.07. The van der Waals surface area contributed by atoms with Crippen LogP contribution in [0.2, 0.25) is 0 Å². The van der Waals surface area contributed by atoms with Crippen molar-refractivity contribution in [2.45, 2.75) is 31.8 Å². The van der Waals surface area contributed by atoms with Crippen LogP contribution in [0.15, 0.2) is 42.6 Å². The molecule has 0 saturated carbocycles. The first kappa shape index (κ1) is 15.6. The maximum absolute atomic E-state index is 12.2. The van der Waals surface area contributed by atoms with E-state index in [4.69, 9.17) is 4.74 Å². The van der Waals surface area contributed by atoms with E-state index in [2.05, 4.69) is 15.3 Å². The largest absolute Gasteiger partial charge is 0.365 e. The number of benzene rings is 1. The Kier molecular flexibility index (Phi) is 4.67. The Hall–Kier alpha value is -2.27. The third-order valence-electron chi connectivity index (χ3n) is 4.11. The summed E-state index contributed by atoms with van der Waals surface area (Å²) in [6.45, 7) is 3.02. The van der Waals surface area contributed by atoms with E-state index in [9.17, 15) is 4.79 Å². The smallest absolute Gasteiger partial charge is 0.251 e. The fourth-order valence-electron chi connectivity index (χ4n) is 2.72. The molecule has 2 heterocycles. The van der Waals surface area contributed by atoms with Crippen LogP contribution in [0, 0.1) is 0 Å². The van der Waals surface area contributed by atoms with Crippen LogP contribution in [0.4, 0.5) is 0 Å². The van der Waals surface area contributed by atoms with Crippen LogP contribution < -0.4 is 5.32 Å². The van der Waals surface area contributed by atoms with Gasteiger partial charge in [-0.25, -0.2) is 9.97 Å². The third-order valence-corrected chi connectivity index (χ3v) is 4.11. The summed E-state index contributed by atoms with van der Waals surface area (Å²) in [5.41, 5.74) is 1.28. The van der Waals surface area contributed by atoms with Crippen LogP contribution in [0.25, 0.3) is 11.3 Å². The summed E-state index contributed by atoms with van der Waals surface area (Å²) < 4.78 is 5.54. The molecule has 1 aliphatic rings. The lowest BCUT2D eigenvalue weighted by atomic mass is 10.0. The molecule has 120 valence electrons. The Morgan fingerprint density at radius 1 is 1.30 bits per heavy atom. The maximum atomic E-state index is 12.2. The van der Waals surface area contributed by atoms with Gasteiger partial charge in [-0.05, 0) is 25.8 Å². The van der Waals surface area contributed by atoms with Crippen LogP contribution in [-0.2, 0) is 16.0 Å². The Labute approximate surface area is 136 Å². The van der Waals surface area contributed by atoms with Crippen molar-refractivity contribution in [2.75, 3.05) is 13.2 Å². The van der Waals surface area contributed by atoms with Crippen molar-refractivity contribution in [1.82, 2.24) is 15.3 Å². The number of amides is 1. The molecule has 5 nitrogen and oxygen atoms in total. The highest BCUT2D eigenvalue weighted by molar-refractivity contribution is 5.84. The van der Waals surface area contributed by atoms with Gasteiger partial charge in [0.05, 0.1) is 5.69 Å². The van der Waals surface area contributed by atoms with Crippen molar-refractivity contribution in [2.24, 2.45) is 0 Å². The fourth-order valence-corrected chi connectivity index (χ4v) is 2.72. The van der Waals surface area contributed by atoms with Crippen LogP contribution in [0.5, 0.6) is 0 Å². The summed E-state index contributed by atoms with van der Waals surface area (Å²) >= 11 is 0. The Morgan fingerprint density at radius 2 is 2.13 bits per heavy atom. The predicted molar refractivity (Wildman–Crippen MR) is 87.8 cm³/mol. The molecule has 23 heavy (non-hydrogen) atoms. The highest BCUT2D eigenvalue weighted by Gasteiger charge is 2.37. The van der Waals surface area contributed by atoms with Crippen molar-refractivity contribution >= 4 is 5.91 Å². The van der Waals surface area contributed by atoms with Crippen molar-refractivity contribution in [3.8, 4) is 11.3 Å². The molecule has 1 N–H and O–H groups in total. The first-order chi connectivity index (χ1) is 11.2. The second kappa shape index (κ2) is 6.87. The molecular weight excluding hydrogens is 290 g/mol. The lowest BCUT2D eigenvalue weighted by Crippen LogP contribution is -2.44. The Morgan fingerprint density at radius 3 is 2.87 bits per heavy atom. The molecule has 0 radical (unpaired) electrons. The summed E-state index contributed by atoms with van der Waals surface area (Å²) in [6, 6.07) is 11.9. The number of hydrogen-bond donors (Lipinski definition) is 1. The molecule has 0 unspecified atom stereocenters. The van der Waals surface area contributed by atoms with Gasteiger partial charge in [0.2, 0.25) is 0 Å². The van der Waals surface area contributed by atoms with Gasteiger partial charge in [-0.3, -0.25) is 4.79 Å². The number of ether oxygens (including phenoxy) is 1. The molecule has 0 spiro atoms. The molecular formula is C18H21N3O2. The summed E-state index contributed by atoms with van der Waals surface area (Å²) in [5.74, 6) is 0.679. The zero-order valence-corrected chi connectivity index (χ0v) is 13.3. The van der Waals surface area contributed by atoms with Crippen LogP contribution in [0.1, 0.15) is 25.6 Å². The van der Waals surface area contributed by atoms with Crippen LogP contribution >= 0.6 is 0 Å². The highest BCUT2D eigenvalue weighted by atomic mass is 16.5. The number of hydrogen-bond acceptors (Lipinski definition) is 4. The van der Waals surface area contributed by atoms with Crippen molar-refractivity contribution < 1.29 is 9.53 Å². The van der Waals surface area contributed by atoms with Gasteiger partial charge in [-0.1, -0.05) is 30.3 Å². The Bertz CT molecular complexity index is 667. The number of aromatic nitrogens is 2. The highest BCUT2D eigenvalue weighted by Crippen LogP contribution is 2.24. The molecule has 1 atom stereocenters. The predicted octanol–water partition coefficient (Wildman–Crippen LogP) is 2.37. The number of carbonyl (C=O) groups is 1. The summed E-state index contributed by atoms with van der Waals surface area (Å²) in [7, 11) is 0. The van der Waals surface area contributed by atoms with Crippen molar-refractivity contribution in [3.05, 3.63) is 48.4 Å². The molecule has 1 aliphatic heterocycles. The van der Waals surface area contributed by atoms with E-state index in [1.807, 2.05) is 43.3 Å². The van der Waals surface area contributed by atoms with E-state index in [0.29, 0.717) is 19.6 Å². The molecule has 3 rings (SSSR count). The second-order valence-corrected chi connectivity index (χ2v) is 5.91. The normalized spacial score (nSPS) is 20.4. The second-order valence-electron chi connectivity index (χ2n) is 5.91. The topological polar surface area (TPSA) is 64.1 Å². The maximum Gasteiger partial charge on any atom is 0.251 e. The molecule has 1 fully saturated rings. The van der Waals surface area contributed by atoms with Crippen LogP contribution in [-0.4, -0.2) is 34.6 Å². The molecule has 1 aromatic carbocycles. The minimum atomic E-state index is -0.674. The van der Waals surface area contributed by atoms with Gasteiger partial charge in [0, 0.05) is 31.3 Å².